The van der Waals surface area contributed by atoms with E-state index in [-0.39, 0.29) is 12.1 Å². The third-order valence-corrected chi connectivity index (χ3v) is 6.74. The summed E-state index contributed by atoms with van der Waals surface area (Å²) in [6, 6.07) is 1.66. The Balaban J connectivity index is 2.10. The molecule has 0 saturated heterocycles. The average Bonchev–Trinajstić information content (AvgIpc) is 2.95. The first-order valence-corrected chi connectivity index (χ1v) is 8.60. The normalized spacial score (nSPS) is 23.9. The van der Waals surface area contributed by atoms with Crippen molar-refractivity contribution in [2.75, 3.05) is 7.11 Å². The number of rotatable bonds is 5. The number of thiophene rings is 1. The van der Waals surface area contributed by atoms with Gasteiger partial charge in [-0.25, -0.2) is 13.1 Å². The molecule has 1 fully saturated rings. The zero-order valence-electron chi connectivity index (χ0n) is 11.2. The van der Waals surface area contributed by atoms with Crippen LogP contribution in [0.3, 0.4) is 0 Å². The van der Waals surface area contributed by atoms with Crippen LogP contribution in [0, 0.1) is 6.92 Å². The highest BCUT2D eigenvalue weighted by atomic mass is 32.2. The summed E-state index contributed by atoms with van der Waals surface area (Å²) in [5.74, 6) is 0. The van der Waals surface area contributed by atoms with E-state index in [0.717, 1.165) is 29.7 Å². The number of nitrogens with one attached hydrogen (secondary N) is 1. The molecule has 0 amide bonds. The van der Waals surface area contributed by atoms with Gasteiger partial charge in [-0.15, -0.1) is 11.3 Å². The van der Waals surface area contributed by atoms with E-state index >= 15 is 0 Å². The largest absolute Gasteiger partial charge is 0.381 e. The maximum Gasteiger partial charge on any atom is 0.250 e. The number of nitrogens with two attached hydrogens (primary N) is 1. The van der Waals surface area contributed by atoms with Crippen LogP contribution in [0.2, 0.25) is 0 Å². The van der Waals surface area contributed by atoms with Crippen molar-refractivity contribution in [3.63, 3.8) is 0 Å². The van der Waals surface area contributed by atoms with Crippen molar-refractivity contribution in [1.82, 2.24) is 4.72 Å². The van der Waals surface area contributed by atoms with Gasteiger partial charge in [-0.05, 0) is 37.8 Å². The summed E-state index contributed by atoms with van der Waals surface area (Å²) in [5, 5.41) is 0. The van der Waals surface area contributed by atoms with Crippen molar-refractivity contribution in [2.45, 2.75) is 49.1 Å². The summed E-state index contributed by atoms with van der Waals surface area (Å²) in [5.41, 5.74) is 6.52. The Morgan fingerprint density at radius 3 is 2.79 bits per heavy atom. The van der Waals surface area contributed by atoms with Crippen LogP contribution in [-0.4, -0.2) is 27.7 Å². The van der Waals surface area contributed by atoms with E-state index in [4.69, 9.17) is 10.5 Å². The van der Waals surface area contributed by atoms with E-state index in [1.807, 2.05) is 6.92 Å². The average molecular weight is 304 g/mol. The van der Waals surface area contributed by atoms with E-state index in [2.05, 4.69) is 4.72 Å². The Morgan fingerprint density at radius 2 is 2.26 bits per heavy atom. The predicted molar refractivity (Wildman–Crippen MR) is 75.7 cm³/mol. The Labute approximate surface area is 118 Å². The number of sulfonamides is 1. The molecule has 1 aromatic rings. The summed E-state index contributed by atoms with van der Waals surface area (Å²) in [6.45, 7) is 2.26. The third kappa shape index (κ3) is 3.35. The van der Waals surface area contributed by atoms with Crippen LogP contribution in [-0.2, 0) is 21.3 Å². The van der Waals surface area contributed by atoms with Crippen LogP contribution in [0.15, 0.2) is 10.3 Å². The van der Waals surface area contributed by atoms with Gasteiger partial charge in [0.2, 0.25) is 10.0 Å². The lowest BCUT2D eigenvalue weighted by Crippen LogP contribution is -2.33. The number of hydrogen-bond acceptors (Lipinski definition) is 5. The highest BCUT2D eigenvalue weighted by Gasteiger charge is 2.29. The molecular weight excluding hydrogens is 284 g/mol. The molecule has 0 radical (unpaired) electrons. The van der Waals surface area contributed by atoms with Crippen molar-refractivity contribution in [3.05, 3.63) is 16.5 Å². The quantitative estimate of drug-likeness (QED) is 0.860. The minimum Gasteiger partial charge on any atom is -0.381 e. The van der Waals surface area contributed by atoms with E-state index in [1.54, 1.807) is 13.2 Å². The van der Waals surface area contributed by atoms with Crippen molar-refractivity contribution in [3.8, 4) is 0 Å². The fourth-order valence-electron chi connectivity index (χ4n) is 2.36. The monoisotopic (exact) mass is 304 g/mol. The lowest BCUT2D eigenvalue weighted by atomic mass is 10.3. The zero-order chi connectivity index (χ0) is 14.0. The summed E-state index contributed by atoms with van der Waals surface area (Å²) in [6.07, 6.45) is 2.63. The topological polar surface area (TPSA) is 81.4 Å². The predicted octanol–water partition coefficient (Wildman–Crippen LogP) is 1.36. The van der Waals surface area contributed by atoms with Crippen LogP contribution in [0.25, 0.3) is 0 Å². The van der Waals surface area contributed by atoms with Crippen molar-refractivity contribution >= 4 is 21.4 Å². The standard InChI is InChI=1S/C12H20N2O3S2/c1-8-5-12(18-11(8)7-13)19(15,16)14-9-3-4-10(6-9)17-2/h5,9-10,14H,3-4,6-7,13H2,1-2H3. The molecular formula is C12H20N2O3S2. The highest BCUT2D eigenvalue weighted by molar-refractivity contribution is 7.91. The molecule has 2 rings (SSSR count). The molecule has 5 nitrogen and oxygen atoms in total. The first kappa shape index (κ1) is 14.9. The molecule has 7 heteroatoms. The zero-order valence-corrected chi connectivity index (χ0v) is 12.8. The maximum absolute atomic E-state index is 12.3. The number of methoxy groups -OCH3 is 1. The molecule has 0 aromatic carbocycles. The van der Waals surface area contributed by atoms with E-state index < -0.39 is 10.0 Å². The van der Waals surface area contributed by atoms with Gasteiger partial charge in [0.1, 0.15) is 4.21 Å². The molecule has 1 aromatic heterocycles. The van der Waals surface area contributed by atoms with Crippen molar-refractivity contribution < 1.29 is 13.2 Å². The second-order valence-electron chi connectivity index (χ2n) is 4.86. The molecule has 1 heterocycles. The smallest absolute Gasteiger partial charge is 0.250 e. The molecule has 1 aliphatic rings. The molecule has 108 valence electrons. The van der Waals surface area contributed by atoms with Gasteiger partial charge in [0.25, 0.3) is 0 Å². The lowest BCUT2D eigenvalue weighted by molar-refractivity contribution is 0.107. The number of hydrogen-bond donors (Lipinski definition) is 2. The molecule has 2 unspecified atom stereocenters. The fourth-order valence-corrected chi connectivity index (χ4v) is 5.13. The van der Waals surface area contributed by atoms with Crippen LogP contribution in [0.4, 0.5) is 0 Å². The van der Waals surface area contributed by atoms with Gasteiger partial charge < -0.3 is 10.5 Å². The molecule has 0 aliphatic heterocycles. The Bertz CT molecular complexity index is 539. The van der Waals surface area contributed by atoms with Crippen LogP contribution in [0.1, 0.15) is 29.7 Å². The van der Waals surface area contributed by atoms with E-state index in [0.29, 0.717) is 10.8 Å². The molecule has 0 spiro atoms. The Kier molecular flexibility index (Phi) is 4.62. The molecule has 1 aliphatic carbocycles. The second kappa shape index (κ2) is 5.88. The SMILES string of the molecule is COC1CCC(NS(=O)(=O)c2cc(C)c(CN)s2)C1. The number of aryl methyl sites for hydroxylation is 1. The fraction of sp³-hybridized carbons (Fsp3) is 0.667. The summed E-state index contributed by atoms with van der Waals surface area (Å²) < 4.78 is 32.9. The first-order chi connectivity index (χ1) is 8.96. The van der Waals surface area contributed by atoms with Gasteiger partial charge >= 0.3 is 0 Å². The maximum atomic E-state index is 12.3. The van der Waals surface area contributed by atoms with E-state index in [9.17, 15) is 8.42 Å². The molecule has 2 atom stereocenters. The molecule has 0 bridgehead atoms. The highest BCUT2D eigenvalue weighted by Crippen LogP contribution is 2.28. The Morgan fingerprint density at radius 1 is 1.53 bits per heavy atom. The van der Waals surface area contributed by atoms with Gasteiger partial charge in [0.05, 0.1) is 6.10 Å². The summed E-state index contributed by atoms with van der Waals surface area (Å²) >= 11 is 1.25. The Hall–Kier alpha value is -0.470. The minimum atomic E-state index is -3.43. The van der Waals surface area contributed by atoms with Crippen molar-refractivity contribution in [1.29, 1.82) is 0 Å². The van der Waals surface area contributed by atoms with Gasteiger partial charge in [0, 0.05) is 24.6 Å². The van der Waals surface area contributed by atoms with Crippen molar-refractivity contribution in [2.24, 2.45) is 5.73 Å². The van der Waals surface area contributed by atoms with Gasteiger partial charge in [-0.1, -0.05) is 0 Å². The van der Waals surface area contributed by atoms with Crippen LogP contribution in [0.5, 0.6) is 0 Å². The first-order valence-electron chi connectivity index (χ1n) is 6.30. The van der Waals surface area contributed by atoms with Gasteiger partial charge in [0.15, 0.2) is 0 Å². The molecule has 1 saturated carbocycles. The van der Waals surface area contributed by atoms with Gasteiger partial charge in [-0.2, -0.15) is 0 Å². The molecule has 19 heavy (non-hydrogen) atoms. The van der Waals surface area contributed by atoms with Crippen LogP contribution >= 0.6 is 11.3 Å². The molecule has 3 N–H and O–H groups in total. The van der Waals surface area contributed by atoms with Crippen LogP contribution < -0.4 is 10.5 Å². The van der Waals surface area contributed by atoms with E-state index in [1.165, 1.54) is 11.3 Å². The number of ether oxygens (including phenoxy) is 1. The third-order valence-electron chi connectivity index (χ3n) is 3.49. The second-order valence-corrected chi connectivity index (χ2v) is 7.94. The summed E-state index contributed by atoms with van der Waals surface area (Å²) in [4.78, 5) is 0.918. The summed E-state index contributed by atoms with van der Waals surface area (Å²) in [7, 11) is -1.77. The minimum absolute atomic E-state index is 0.0290. The van der Waals surface area contributed by atoms with Gasteiger partial charge in [-0.3, -0.25) is 0 Å². The lowest BCUT2D eigenvalue weighted by Gasteiger charge is -2.12.